The van der Waals surface area contributed by atoms with Gasteiger partial charge in [-0.05, 0) is 51.5 Å². The average Bonchev–Trinajstić information content (AvgIpc) is 3.45. The van der Waals surface area contributed by atoms with Gasteiger partial charge in [0.25, 0.3) is 0 Å². The van der Waals surface area contributed by atoms with Gasteiger partial charge in [-0.3, -0.25) is 14.5 Å². The minimum absolute atomic E-state index is 0.0621. The van der Waals surface area contributed by atoms with Crippen molar-refractivity contribution in [3.63, 3.8) is 0 Å². The number of hydrogen-bond acceptors (Lipinski definition) is 5. The largest absolute Gasteiger partial charge is 0.458 e. The molecule has 3 aliphatic heterocycles. The van der Waals surface area contributed by atoms with Crippen molar-refractivity contribution in [3.8, 4) is 0 Å². The minimum atomic E-state index is -0.516. The van der Waals surface area contributed by atoms with Crippen LogP contribution in [-0.4, -0.2) is 63.4 Å². The highest BCUT2D eigenvalue weighted by molar-refractivity contribution is 5.88. The zero-order chi connectivity index (χ0) is 20.1. The van der Waals surface area contributed by atoms with Crippen LogP contribution in [-0.2, 0) is 26.3 Å². The number of fused-ring (bicyclic) bond motifs is 2. The molecule has 1 saturated carbocycles. The zero-order valence-electron chi connectivity index (χ0n) is 17.4. The maximum absolute atomic E-state index is 13.4. The molecule has 2 spiro atoms. The maximum Gasteiger partial charge on any atom is 0.307 e. The zero-order valence-corrected chi connectivity index (χ0v) is 17.4. The number of ether oxygens (including phenoxy) is 1. The number of H-pyrrole nitrogens is 1. The lowest BCUT2D eigenvalue weighted by atomic mass is 9.77. The summed E-state index contributed by atoms with van der Waals surface area (Å²) in [7, 11) is 0. The van der Waals surface area contributed by atoms with E-state index in [2.05, 4.69) is 16.8 Å². The van der Waals surface area contributed by atoms with Crippen molar-refractivity contribution in [2.45, 2.75) is 75.9 Å². The van der Waals surface area contributed by atoms with Gasteiger partial charge in [0.15, 0.2) is 0 Å². The van der Waals surface area contributed by atoms with Gasteiger partial charge in [-0.2, -0.15) is 0 Å². The Morgan fingerprint density at radius 2 is 2.00 bits per heavy atom. The fourth-order valence-electron chi connectivity index (χ4n) is 6.42. The first-order chi connectivity index (χ1) is 14.1. The second-order valence-electron chi connectivity index (χ2n) is 9.33. The van der Waals surface area contributed by atoms with Gasteiger partial charge in [-0.25, -0.2) is 4.98 Å². The number of aromatic amines is 1. The molecule has 1 aliphatic carbocycles. The molecule has 1 unspecified atom stereocenters. The first kappa shape index (κ1) is 19.1. The first-order valence-electron chi connectivity index (χ1n) is 11.4. The molecule has 0 aromatic carbocycles. The third kappa shape index (κ3) is 2.92. The van der Waals surface area contributed by atoms with E-state index in [4.69, 9.17) is 9.72 Å². The van der Waals surface area contributed by atoms with Crippen molar-refractivity contribution in [1.82, 2.24) is 19.8 Å². The Balaban J connectivity index is 1.35. The summed E-state index contributed by atoms with van der Waals surface area (Å²) < 4.78 is 5.72. The van der Waals surface area contributed by atoms with Crippen LogP contribution in [0.3, 0.4) is 0 Å². The van der Waals surface area contributed by atoms with Gasteiger partial charge in [0, 0.05) is 31.7 Å². The van der Waals surface area contributed by atoms with E-state index in [1.165, 1.54) is 11.4 Å². The molecule has 7 nitrogen and oxygen atoms in total. The summed E-state index contributed by atoms with van der Waals surface area (Å²) in [5.74, 6) is -0.348. The predicted molar refractivity (Wildman–Crippen MR) is 107 cm³/mol. The lowest BCUT2D eigenvalue weighted by Crippen LogP contribution is -2.58. The van der Waals surface area contributed by atoms with Crippen LogP contribution in [0, 0.1) is 5.92 Å². The number of rotatable bonds is 3. The van der Waals surface area contributed by atoms with E-state index in [0.29, 0.717) is 0 Å². The van der Waals surface area contributed by atoms with Gasteiger partial charge in [0.05, 0.1) is 29.9 Å². The highest BCUT2D eigenvalue weighted by Gasteiger charge is 2.56. The Morgan fingerprint density at radius 3 is 2.72 bits per heavy atom. The summed E-state index contributed by atoms with van der Waals surface area (Å²) in [4.78, 5) is 38.1. The summed E-state index contributed by atoms with van der Waals surface area (Å²) >= 11 is 0. The van der Waals surface area contributed by atoms with E-state index in [-0.39, 0.29) is 29.8 Å². The van der Waals surface area contributed by atoms with E-state index in [1.807, 2.05) is 11.2 Å². The van der Waals surface area contributed by atoms with Crippen molar-refractivity contribution in [1.29, 1.82) is 0 Å². The number of esters is 1. The number of likely N-dealkylation sites (tertiary alicyclic amines) is 1. The number of carbonyl (C=O) groups excluding carboxylic acids is 2. The van der Waals surface area contributed by atoms with E-state index < -0.39 is 5.60 Å². The molecule has 1 amide bonds. The normalized spacial score (nSPS) is 28.1. The molecule has 0 bridgehead atoms. The topological polar surface area (TPSA) is 78.5 Å². The van der Waals surface area contributed by atoms with Crippen molar-refractivity contribution in [3.05, 3.63) is 17.7 Å². The van der Waals surface area contributed by atoms with Crippen LogP contribution in [0.15, 0.2) is 6.33 Å². The Hall–Kier alpha value is -1.89. The highest BCUT2D eigenvalue weighted by Crippen LogP contribution is 2.47. The molecule has 158 valence electrons. The molecule has 2 saturated heterocycles. The number of amides is 1. The molecular formula is C22H32N4O3. The number of nitrogens with zero attached hydrogens (tertiary/aromatic N) is 3. The van der Waals surface area contributed by atoms with Crippen LogP contribution in [0.2, 0.25) is 0 Å². The Kier molecular flexibility index (Phi) is 4.68. The van der Waals surface area contributed by atoms with Crippen molar-refractivity contribution >= 4 is 11.9 Å². The molecule has 7 heteroatoms. The third-order valence-electron chi connectivity index (χ3n) is 7.86. The SMILES string of the molecule is CCCN1CCc2[nH]cnc2C12CCN(C(=O)C1CC(=O)OC13CCCC3)CC2. The second kappa shape index (κ2) is 7.11. The molecule has 4 aliphatic rings. The average molecular weight is 401 g/mol. The van der Waals surface area contributed by atoms with Gasteiger partial charge in [-0.1, -0.05) is 6.92 Å². The maximum atomic E-state index is 13.4. The predicted octanol–water partition coefficient (Wildman–Crippen LogP) is 2.37. The van der Waals surface area contributed by atoms with Gasteiger partial charge in [0.2, 0.25) is 5.91 Å². The standard InChI is InChI=1S/C22H32N4O3/c1-2-10-26-11-5-17-19(24-15-23-17)21(26)8-12-25(13-9-21)20(28)16-14-18(27)29-22(16)6-3-4-7-22/h15-16H,2-14H2,1H3,(H,23,24). The third-order valence-corrected chi connectivity index (χ3v) is 7.86. The van der Waals surface area contributed by atoms with E-state index in [1.54, 1.807) is 0 Å². The van der Waals surface area contributed by atoms with Gasteiger partial charge in [-0.15, -0.1) is 0 Å². The van der Waals surface area contributed by atoms with E-state index in [0.717, 1.165) is 77.5 Å². The van der Waals surface area contributed by atoms with Gasteiger partial charge < -0.3 is 14.6 Å². The summed E-state index contributed by atoms with van der Waals surface area (Å²) in [5, 5.41) is 0. The lowest BCUT2D eigenvalue weighted by molar-refractivity contribution is -0.152. The first-order valence-corrected chi connectivity index (χ1v) is 11.4. The number of piperidine rings is 1. The molecule has 1 atom stereocenters. The Bertz CT molecular complexity index is 790. The molecule has 5 rings (SSSR count). The molecule has 1 aromatic heterocycles. The van der Waals surface area contributed by atoms with Crippen molar-refractivity contribution in [2.75, 3.05) is 26.2 Å². The Labute approximate surface area is 172 Å². The molecule has 1 aromatic rings. The van der Waals surface area contributed by atoms with Crippen LogP contribution < -0.4 is 0 Å². The molecular weight excluding hydrogens is 368 g/mol. The fourth-order valence-corrected chi connectivity index (χ4v) is 6.42. The number of carbonyl (C=O) groups is 2. The van der Waals surface area contributed by atoms with Crippen molar-refractivity contribution < 1.29 is 14.3 Å². The van der Waals surface area contributed by atoms with Gasteiger partial charge >= 0.3 is 5.97 Å². The van der Waals surface area contributed by atoms with Crippen LogP contribution in [0.1, 0.15) is 69.7 Å². The van der Waals surface area contributed by atoms with Crippen LogP contribution in [0.5, 0.6) is 0 Å². The monoisotopic (exact) mass is 400 g/mol. The summed E-state index contributed by atoms with van der Waals surface area (Å²) in [6.07, 6.45) is 9.81. The van der Waals surface area contributed by atoms with Crippen LogP contribution >= 0.6 is 0 Å². The molecule has 29 heavy (non-hydrogen) atoms. The molecule has 1 N–H and O–H groups in total. The lowest BCUT2D eigenvalue weighted by Gasteiger charge is -2.51. The number of imidazole rings is 1. The molecule has 0 radical (unpaired) electrons. The summed E-state index contributed by atoms with van der Waals surface area (Å²) in [6, 6.07) is 0. The number of aromatic nitrogens is 2. The number of hydrogen-bond donors (Lipinski definition) is 1. The van der Waals surface area contributed by atoms with E-state index in [9.17, 15) is 9.59 Å². The summed E-state index contributed by atoms with van der Waals surface area (Å²) in [6.45, 7) is 5.79. The van der Waals surface area contributed by atoms with Gasteiger partial charge in [0.1, 0.15) is 5.60 Å². The smallest absolute Gasteiger partial charge is 0.307 e. The van der Waals surface area contributed by atoms with E-state index >= 15 is 0 Å². The van der Waals surface area contributed by atoms with Crippen molar-refractivity contribution in [2.24, 2.45) is 5.92 Å². The quantitative estimate of drug-likeness (QED) is 0.788. The fraction of sp³-hybridized carbons (Fsp3) is 0.773. The minimum Gasteiger partial charge on any atom is -0.458 e. The summed E-state index contributed by atoms with van der Waals surface area (Å²) in [5.41, 5.74) is 1.87. The molecule has 4 heterocycles. The second-order valence-corrected chi connectivity index (χ2v) is 9.33. The molecule has 3 fully saturated rings. The number of nitrogens with one attached hydrogen (secondary N) is 1. The van der Waals surface area contributed by atoms with Crippen LogP contribution in [0.25, 0.3) is 0 Å². The van der Waals surface area contributed by atoms with Crippen LogP contribution in [0.4, 0.5) is 0 Å². The Morgan fingerprint density at radius 1 is 1.24 bits per heavy atom. The highest BCUT2D eigenvalue weighted by atomic mass is 16.6.